The van der Waals surface area contributed by atoms with Crippen LogP contribution in [0.1, 0.15) is 76.7 Å². The molecule has 17 nitrogen and oxygen atoms in total. The predicted molar refractivity (Wildman–Crippen MR) is 271 cm³/mol. The van der Waals surface area contributed by atoms with Crippen LogP contribution in [0.2, 0.25) is 0 Å². The smallest absolute Gasteiger partial charge is 0.407 e. The van der Waals surface area contributed by atoms with Crippen LogP contribution >= 0.6 is 11.8 Å². The van der Waals surface area contributed by atoms with Crippen molar-refractivity contribution in [3.63, 3.8) is 0 Å². The number of benzene rings is 2. The van der Waals surface area contributed by atoms with Crippen LogP contribution < -0.4 is 26.6 Å². The Kier molecular flexibility index (Phi) is 21.3. The van der Waals surface area contributed by atoms with Gasteiger partial charge < -0.3 is 50.4 Å². The Hall–Kier alpha value is -6.19. The number of aromatic nitrogens is 2. The van der Waals surface area contributed by atoms with Gasteiger partial charge in [0.2, 0.25) is 23.6 Å². The molecule has 2 saturated heterocycles. The van der Waals surface area contributed by atoms with Crippen molar-refractivity contribution >= 4 is 53.1 Å². The summed E-state index contributed by atoms with van der Waals surface area (Å²) in [6.07, 6.45) is 6.43. The fourth-order valence-corrected chi connectivity index (χ4v) is 9.70. The molecule has 6 rings (SSSR count). The lowest BCUT2D eigenvalue weighted by Gasteiger charge is -2.40. The molecule has 21 heteroatoms. The van der Waals surface area contributed by atoms with E-state index in [2.05, 4.69) is 33.2 Å². The maximum absolute atomic E-state index is 15.2. The van der Waals surface area contributed by atoms with E-state index < -0.39 is 53.7 Å². The molecule has 3 aliphatic heterocycles. The summed E-state index contributed by atoms with van der Waals surface area (Å²) in [5.74, 6) is -2.73. The summed E-state index contributed by atoms with van der Waals surface area (Å²) in [6, 6.07) is 8.36. The zero-order chi connectivity index (χ0) is 52.4. The van der Waals surface area contributed by atoms with Crippen LogP contribution in [0, 0.1) is 29.4 Å². The van der Waals surface area contributed by atoms with Gasteiger partial charge in [0.15, 0.2) is 0 Å². The molecule has 0 radical (unpaired) electrons. The number of imidazole rings is 1. The molecule has 0 spiro atoms. The van der Waals surface area contributed by atoms with Crippen molar-refractivity contribution in [2.24, 2.45) is 17.8 Å². The average Bonchev–Trinajstić information content (AvgIpc) is 4.09. The quantitative estimate of drug-likeness (QED) is 0.0588. The maximum Gasteiger partial charge on any atom is 0.407 e. The second kappa shape index (κ2) is 27.7. The third-order valence-electron chi connectivity index (χ3n) is 13.0. The number of hydrogen-bond donors (Lipinski definition) is 5. The van der Waals surface area contributed by atoms with Crippen molar-refractivity contribution in [3.05, 3.63) is 96.1 Å². The monoisotopic (exact) mass is 1040 g/mol. The number of amides is 6. The first-order valence-corrected chi connectivity index (χ1v) is 26.1. The van der Waals surface area contributed by atoms with Crippen LogP contribution in [-0.4, -0.2) is 131 Å². The minimum absolute atomic E-state index is 0.00294. The molecule has 2 fully saturated rings. The summed E-state index contributed by atoms with van der Waals surface area (Å²) in [7, 11) is 0. The number of nitrogens with one attached hydrogen (secondary N) is 5. The molecule has 3 aromatic rings. The Labute approximate surface area is 428 Å². The Morgan fingerprint density at radius 1 is 1.00 bits per heavy atom. The third kappa shape index (κ3) is 16.4. The highest BCUT2D eigenvalue weighted by atomic mass is 32.2. The van der Waals surface area contributed by atoms with Gasteiger partial charge in [0.05, 0.1) is 24.0 Å². The molecular formula is C52H68F3N9O8S. The van der Waals surface area contributed by atoms with E-state index in [9.17, 15) is 33.2 Å². The van der Waals surface area contributed by atoms with Crippen LogP contribution in [-0.2, 0) is 46.6 Å². The normalized spacial score (nSPS) is 17.7. The number of carbonyl (C=O) groups excluding carboxylic acids is 6. The number of aryl methyl sites for hydroxylation is 1. The van der Waals surface area contributed by atoms with Crippen LogP contribution in [0.5, 0.6) is 0 Å². The molecule has 1 aromatic heterocycles. The van der Waals surface area contributed by atoms with Crippen LogP contribution in [0.15, 0.2) is 73.1 Å². The van der Waals surface area contributed by atoms with Gasteiger partial charge in [-0.15, -0.1) is 0 Å². The number of carbonyl (C=O) groups is 6. The van der Waals surface area contributed by atoms with Crippen molar-refractivity contribution in [1.82, 2.24) is 40.6 Å². The standard InChI is InChI=1S/C52H68F3N9O8S/c1-5-62-30-43(40-25-38(53)13-16-41(40)54)60-50(62)49(36-18-22-71-23-19-36)64(29-37-26-56-27-42(37)55)47(68)32-73-24-20-57-52(70)72-31-35-11-14-39(15-12-35)59-45(66)28-58-51(69)48(33(2)3)61-44(65)9-7-6-8-21-63-34(4)10-17-46(63)67/h10-17,25,30,33,36-37,42,48-49,56H,4-9,18-24,26-29,31-32H2,1-3H3,(H,57,70)(H,58,69)(H,59,66)(H,61,65). The summed E-state index contributed by atoms with van der Waals surface area (Å²) in [6.45, 7) is 11.7. The summed E-state index contributed by atoms with van der Waals surface area (Å²) < 4.78 is 57.4. The molecule has 4 unspecified atom stereocenters. The number of anilines is 1. The van der Waals surface area contributed by atoms with Crippen LogP contribution in [0.25, 0.3) is 11.3 Å². The second-order valence-electron chi connectivity index (χ2n) is 18.7. The number of nitrogens with zero attached hydrogens (tertiary/aromatic N) is 4. The zero-order valence-corrected chi connectivity index (χ0v) is 42.6. The number of rotatable bonds is 26. The Morgan fingerprint density at radius 2 is 1.77 bits per heavy atom. The highest BCUT2D eigenvalue weighted by Gasteiger charge is 2.40. The van der Waals surface area contributed by atoms with Gasteiger partial charge in [0.25, 0.3) is 5.91 Å². The zero-order valence-electron chi connectivity index (χ0n) is 41.8. The highest BCUT2D eigenvalue weighted by Crippen LogP contribution is 2.38. The van der Waals surface area contributed by atoms with E-state index in [1.807, 2.05) is 11.5 Å². The minimum Gasteiger partial charge on any atom is -0.445 e. The number of ether oxygens (including phenoxy) is 2. The molecule has 396 valence electrons. The molecule has 2 aromatic carbocycles. The summed E-state index contributed by atoms with van der Waals surface area (Å²) >= 11 is 1.30. The SMILES string of the molecule is C=C1C=CC(=O)N1CCCCCC(=O)NC(C(=O)NCC(=O)Nc1ccc(COC(=O)NCCSCC(=O)N(CC2CNCC2F)C(c2nc(-c3cc(F)ccc3F)cn2CC)C2CCOCC2)cc1)C(C)C. The van der Waals surface area contributed by atoms with Crippen molar-refractivity contribution < 1.29 is 51.4 Å². The van der Waals surface area contributed by atoms with E-state index in [0.29, 0.717) is 87.1 Å². The first-order valence-electron chi connectivity index (χ1n) is 25.0. The van der Waals surface area contributed by atoms with Crippen molar-refractivity contribution in [1.29, 1.82) is 0 Å². The van der Waals surface area contributed by atoms with E-state index >= 15 is 8.78 Å². The molecule has 0 saturated carbocycles. The predicted octanol–water partition coefficient (Wildman–Crippen LogP) is 6.03. The van der Waals surface area contributed by atoms with Gasteiger partial charge in [-0.1, -0.05) is 39.0 Å². The lowest BCUT2D eigenvalue weighted by molar-refractivity contribution is -0.134. The Bertz CT molecular complexity index is 2420. The van der Waals surface area contributed by atoms with Crippen molar-refractivity contribution in [2.75, 3.05) is 69.3 Å². The number of allylic oxidation sites excluding steroid dienone is 1. The van der Waals surface area contributed by atoms with Gasteiger partial charge in [-0.2, -0.15) is 11.8 Å². The van der Waals surface area contributed by atoms with E-state index in [1.165, 1.54) is 17.8 Å². The van der Waals surface area contributed by atoms with Crippen LogP contribution in [0.4, 0.5) is 23.7 Å². The number of halogens is 3. The fraction of sp³-hybridized carbons (Fsp3) is 0.519. The van der Waals surface area contributed by atoms with E-state index in [4.69, 9.17) is 14.5 Å². The average molecular weight is 1040 g/mol. The lowest BCUT2D eigenvalue weighted by atomic mass is 9.89. The van der Waals surface area contributed by atoms with Gasteiger partial charge in [0.1, 0.15) is 36.3 Å². The molecule has 5 N–H and O–H groups in total. The summed E-state index contributed by atoms with van der Waals surface area (Å²) in [5, 5.41) is 13.8. The maximum atomic E-state index is 15.2. The second-order valence-corrected chi connectivity index (χ2v) is 19.8. The topological polar surface area (TPSA) is 205 Å². The summed E-state index contributed by atoms with van der Waals surface area (Å²) in [4.78, 5) is 85.3. The number of alkyl halides is 1. The van der Waals surface area contributed by atoms with Gasteiger partial charge in [-0.3, -0.25) is 24.0 Å². The number of alkyl carbamates (subject to hydrolysis) is 1. The highest BCUT2D eigenvalue weighted by molar-refractivity contribution is 7.99. The van der Waals surface area contributed by atoms with Gasteiger partial charge >= 0.3 is 6.09 Å². The lowest BCUT2D eigenvalue weighted by Crippen LogP contribution is -2.51. The molecular weight excluding hydrogens is 968 g/mol. The van der Waals surface area contributed by atoms with E-state index in [-0.39, 0.29) is 85.8 Å². The number of unbranched alkanes of at least 4 members (excludes halogenated alkanes) is 2. The molecule has 0 aliphatic carbocycles. The molecule has 0 bridgehead atoms. The largest absolute Gasteiger partial charge is 0.445 e. The third-order valence-corrected chi connectivity index (χ3v) is 14.0. The van der Waals surface area contributed by atoms with Gasteiger partial charge in [-0.05, 0) is 86.4 Å². The Balaban J connectivity index is 0.927. The van der Waals surface area contributed by atoms with Gasteiger partial charge in [0, 0.05) is 99.8 Å². The summed E-state index contributed by atoms with van der Waals surface area (Å²) in [5.41, 5.74) is 1.98. The molecule has 73 heavy (non-hydrogen) atoms. The fourth-order valence-electron chi connectivity index (χ4n) is 8.97. The number of hydrogen-bond acceptors (Lipinski definition) is 11. The molecule has 3 aliphatic rings. The van der Waals surface area contributed by atoms with Crippen molar-refractivity contribution in [2.45, 2.75) is 90.7 Å². The Morgan fingerprint density at radius 3 is 2.45 bits per heavy atom. The first kappa shape index (κ1) is 56.1. The molecule has 4 heterocycles. The van der Waals surface area contributed by atoms with E-state index in [0.717, 1.165) is 24.6 Å². The van der Waals surface area contributed by atoms with Crippen LogP contribution in [0.3, 0.4) is 0 Å². The number of thioether (sulfide) groups is 1. The first-order chi connectivity index (χ1) is 35.1. The minimum atomic E-state index is -1.16. The molecule has 4 atom stereocenters. The van der Waals surface area contributed by atoms with Gasteiger partial charge in [-0.25, -0.2) is 22.9 Å². The molecule has 6 amide bonds. The van der Waals surface area contributed by atoms with Crippen molar-refractivity contribution in [3.8, 4) is 11.3 Å². The van der Waals surface area contributed by atoms with E-state index in [1.54, 1.807) is 60.2 Å².